The molecular formula is C10H15N3O2S2. The zero-order valence-electron chi connectivity index (χ0n) is 9.46. The van der Waals surface area contributed by atoms with Crippen molar-refractivity contribution in [3.63, 3.8) is 0 Å². The van der Waals surface area contributed by atoms with Gasteiger partial charge >= 0.3 is 5.97 Å². The Kier molecular flexibility index (Phi) is 4.61. The van der Waals surface area contributed by atoms with E-state index in [0.29, 0.717) is 5.75 Å². The number of nitrogens with zero attached hydrogens (tertiary/aromatic N) is 3. The molecule has 1 N–H and O–H groups in total. The topological polar surface area (TPSA) is 66.3 Å². The van der Waals surface area contributed by atoms with Gasteiger partial charge in [0.1, 0.15) is 0 Å². The monoisotopic (exact) mass is 273 g/mol. The minimum absolute atomic E-state index is 0.170. The highest BCUT2D eigenvalue weighted by Crippen LogP contribution is 2.29. The molecule has 7 heteroatoms. The predicted octanol–water partition coefficient (Wildman–Crippen LogP) is 2.10. The fraction of sp³-hybridized carbons (Fsp3) is 0.700. The third-order valence-electron chi connectivity index (χ3n) is 2.56. The first kappa shape index (κ1) is 12.6. The number of rotatable bonds is 5. The van der Waals surface area contributed by atoms with E-state index in [1.807, 2.05) is 0 Å². The van der Waals surface area contributed by atoms with Crippen molar-refractivity contribution in [3.05, 3.63) is 0 Å². The van der Waals surface area contributed by atoms with Crippen LogP contribution in [0.3, 0.4) is 0 Å². The smallest absolute Gasteiger partial charge is 0.304 e. The molecule has 0 aromatic carbocycles. The van der Waals surface area contributed by atoms with Gasteiger partial charge in [0.05, 0.1) is 6.42 Å². The van der Waals surface area contributed by atoms with E-state index in [-0.39, 0.29) is 6.42 Å². The van der Waals surface area contributed by atoms with Crippen molar-refractivity contribution in [1.82, 2.24) is 10.2 Å². The summed E-state index contributed by atoms with van der Waals surface area (Å²) in [5, 5.41) is 17.8. The van der Waals surface area contributed by atoms with E-state index in [2.05, 4.69) is 15.1 Å². The molecule has 0 aliphatic carbocycles. The van der Waals surface area contributed by atoms with Crippen LogP contribution in [-0.4, -0.2) is 40.1 Å². The van der Waals surface area contributed by atoms with Gasteiger partial charge in [-0.3, -0.25) is 4.79 Å². The molecule has 0 amide bonds. The van der Waals surface area contributed by atoms with Crippen LogP contribution in [-0.2, 0) is 4.79 Å². The first-order valence-corrected chi connectivity index (χ1v) is 7.49. The van der Waals surface area contributed by atoms with Gasteiger partial charge < -0.3 is 10.0 Å². The Labute approximate surface area is 108 Å². The van der Waals surface area contributed by atoms with Crippen LogP contribution in [0.4, 0.5) is 5.13 Å². The summed E-state index contributed by atoms with van der Waals surface area (Å²) in [6.45, 7) is 2.13. The largest absolute Gasteiger partial charge is 0.481 e. The maximum absolute atomic E-state index is 10.4. The number of carboxylic acids is 1. The Morgan fingerprint density at radius 1 is 1.35 bits per heavy atom. The lowest BCUT2D eigenvalue weighted by Crippen LogP contribution is -2.29. The molecule has 0 saturated carbocycles. The lowest BCUT2D eigenvalue weighted by molar-refractivity contribution is -0.136. The van der Waals surface area contributed by atoms with Gasteiger partial charge in [-0.25, -0.2) is 0 Å². The molecule has 1 aromatic heterocycles. The third kappa shape index (κ3) is 3.85. The number of carbonyl (C=O) groups is 1. The van der Waals surface area contributed by atoms with E-state index in [1.165, 1.54) is 31.0 Å². The van der Waals surface area contributed by atoms with Crippen molar-refractivity contribution in [2.75, 3.05) is 23.7 Å². The van der Waals surface area contributed by atoms with Gasteiger partial charge in [-0.05, 0) is 19.3 Å². The summed E-state index contributed by atoms with van der Waals surface area (Å²) in [5.41, 5.74) is 0. The zero-order chi connectivity index (χ0) is 12.1. The number of carboxylic acid groups (broad SMARTS) is 1. The van der Waals surface area contributed by atoms with Crippen LogP contribution in [0.15, 0.2) is 4.34 Å². The zero-order valence-corrected chi connectivity index (χ0v) is 11.1. The van der Waals surface area contributed by atoms with E-state index in [4.69, 9.17) is 5.11 Å². The Morgan fingerprint density at radius 3 is 2.82 bits per heavy atom. The minimum Gasteiger partial charge on any atom is -0.481 e. The van der Waals surface area contributed by atoms with Crippen molar-refractivity contribution in [1.29, 1.82) is 0 Å². The molecule has 1 saturated heterocycles. The predicted molar refractivity (Wildman–Crippen MR) is 68.9 cm³/mol. The highest BCUT2D eigenvalue weighted by molar-refractivity contribution is 8.01. The summed E-state index contributed by atoms with van der Waals surface area (Å²) in [6, 6.07) is 0. The quantitative estimate of drug-likeness (QED) is 0.829. The maximum Gasteiger partial charge on any atom is 0.304 e. The second kappa shape index (κ2) is 6.20. The van der Waals surface area contributed by atoms with Crippen LogP contribution in [0.25, 0.3) is 0 Å². The number of hydrogen-bond donors (Lipinski definition) is 1. The molecule has 0 unspecified atom stereocenters. The van der Waals surface area contributed by atoms with Crippen molar-refractivity contribution in [2.45, 2.75) is 30.0 Å². The van der Waals surface area contributed by atoms with Gasteiger partial charge in [-0.1, -0.05) is 23.1 Å². The lowest BCUT2D eigenvalue weighted by atomic mass is 10.1. The maximum atomic E-state index is 10.4. The molecular weight excluding hydrogens is 258 g/mol. The second-order valence-electron chi connectivity index (χ2n) is 3.89. The summed E-state index contributed by atoms with van der Waals surface area (Å²) < 4.78 is 0.867. The van der Waals surface area contributed by atoms with Crippen LogP contribution in [0, 0.1) is 0 Å². The number of piperidine rings is 1. The minimum atomic E-state index is -0.765. The Hall–Kier alpha value is -0.820. The Bertz CT molecular complexity index is 377. The van der Waals surface area contributed by atoms with Crippen molar-refractivity contribution < 1.29 is 9.90 Å². The van der Waals surface area contributed by atoms with Crippen LogP contribution < -0.4 is 4.90 Å². The van der Waals surface area contributed by atoms with Crippen molar-refractivity contribution >= 4 is 34.2 Å². The van der Waals surface area contributed by atoms with Gasteiger partial charge in [0.25, 0.3) is 0 Å². The average Bonchev–Trinajstić information content (AvgIpc) is 2.78. The fourth-order valence-corrected chi connectivity index (χ4v) is 3.59. The normalized spacial score (nSPS) is 16.1. The average molecular weight is 273 g/mol. The van der Waals surface area contributed by atoms with E-state index >= 15 is 0 Å². The van der Waals surface area contributed by atoms with Gasteiger partial charge in [0, 0.05) is 18.8 Å². The summed E-state index contributed by atoms with van der Waals surface area (Å²) in [6.07, 6.45) is 3.92. The molecule has 1 aromatic rings. The Balaban J connectivity index is 1.84. The van der Waals surface area contributed by atoms with Crippen LogP contribution in [0.5, 0.6) is 0 Å². The second-order valence-corrected chi connectivity index (χ2v) is 6.19. The summed E-state index contributed by atoms with van der Waals surface area (Å²) in [7, 11) is 0. The molecule has 94 valence electrons. The third-order valence-corrected chi connectivity index (χ3v) is 4.68. The number of thioether (sulfide) groups is 1. The molecule has 2 heterocycles. The fourth-order valence-electron chi connectivity index (χ4n) is 1.70. The van der Waals surface area contributed by atoms with E-state index in [9.17, 15) is 4.79 Å². The number of aromatic nitrogens is 2. The van der Waals surface area contributed by atoms with Crippen LogP contribution >= 0.6 is 23.1 Å². The SMILES string of the molecule is O=C(O)CCSc1nnc(N2CCCCC2)s1. The molecule has 17 heavy (non-hydrogen) atoms. The van der Waals surface area contributed by atoms with Crippen molar-refractivity contribution in [3.8, 4) is 0 Å². The molecule has 2 rings (SSSR count). The Morgan fingerprint density at radius 2 is 2.12 bits per heavy atom. The molecule has 5 nitrogen and oxygen atoms in total. The van der Waals surface area contributed by atoms with Gasteiger partial charge in [-0.2, -0.15) is 0 Å². The molecule has 0 atom stereocenters. The molecule has 1 aliphatic heterocycles. The van der Waals surface area contributed by atoms with Gasteiger partial charge in [0.2, 0.25) is 5.13 Å². The highest BCUT2D eigenvalue weighted by atomic mass is 32.2. The van der Waals surface area contributed by atoms with Crippen molar-refractivity contribution in [2.24, 2.45) is 0 Å². The first-order chi connectivity index (χ1) is 8.25. The molecule has 0 spiro atoms. The molecule has 0 bridgehead atoms. The first-order valence-electron chi connectivity index (χ1n) is 5.69. The standard InChI is InChI=1S/C10H15N3O2S2/c14-8(15)4-7-16-10-12-11-9(17-10)13-5-2-1-3-6-13/h1-7H2,(H,14,15). The summed E-state index contributed by atoms with van der Waals surface area (Å²) in [5.74, 6) is -0.206. The lowest BCUT2D eigenvalue weighted by Gasteiger charge is -2.25. The van der Waals surface area contributed by atoms with E-state index in [0.717, 1.165) is 22.6 Å². The number of aliphatic carboxylic acids is 1. The van der Waals surface area contributed by atoms with E-state index < -0.39 is 5.97 Å². The van der Waals surface area contributed by atoms with Crippen LogP contribution in [0.2, 0.25) is 0 Å². The van der Waals surface area contributed by atoms with Crippen LogP contribution in [0.1, 0.15) is 25.7 Å². The summed E-state index contributed by atoms with van der Waals surface area (Å²) >= 11 is 3.04. The molecule has 1 fully saturated rings. The van der Waals surface area contributed by atoms with E-state index in [1.54, 1.807) is 11.3 Å². The molecule has 0 radical (unpaired) electrons. The van der Waals surface area contributed by atoms with Gasteiger partial charge in [-0.15, -0.1) is 10.2 Å². The highest BCUT2D eigenvalue weighted by Gasteiger charge is 2.15. The number of anilines is 1. The van der Waals surface area contributed by atoms with Gasteiger partial charge in [0.15, 0.2) is 4.34 Å². The number of hydrogen-bond acceptors (Lipinski definition) is 6. The molecule has 1 aliphatic rings. The summed E-state index contributed by atoms with van der Waals surface area (Å²) in [4.78, 5) is 12.7.